The van der Waals surface area contributed by atoms with E-state index in [-0.39, 0.29) is 11.8 Å². The maximum atomic E-state index is 12.1. The average Bonchev–Trinajstić information content (AvgIpc) is 2.95. The van der Waals surface area contributed by atoms with Crippen molar-refractivity contribution < 1.29 is 9.53 Å². The zero-order chi connectivity index (χ0) is 17.4. The highest BCUT2D eigenvalue weighted by molar-refractivity contribution is 5.94. The molecule has 0 spiro atoms. The molecule has 4 rings (SSSR count). The number of benzene rings is 2. The number of nitrogens with two attached hydrogens (primary N) is 1. The van der Waals surface area contributed by atoms with Gasteiger partial charge in [-0.05, 0) is 48.6 Å². The number of amides is 1. The van der Waals surface area contributed by atoms with E-state index in [0.717, 1.165) is 48.0 Å². The first-order chi connectivity index (χ1) is 12.2. The van der Waals surface area contributed by atoms with Crippen molar-refractivity contribution in [3.63, 3.8) is 0 Å². The van der Waals surface area contributed by atoms with Gasteiger partial charge in [0, 0.05) is 23.1 Å². The van der Waals surface area contributed by atoms with Crippen LogP contribution in [-0.4, -0.2) is 17.6 Å². The van der Waals surface area contributed by atoms with Crippen LogP contribution in [0.1, 0.15) is 35.6 Å². The zero-order valence-corrected chi connectivity index (χ0v) is 14.4. The number of nitrogens with zero attached hydrogens (tertiary/aromatic N) is 1. The number of ether oxygens (including phenoxy) is 1. The van der Waals surface area contributed by atoms with Crippen molar-refractivity contribution in [3.05, 3.63) is 65.4 Å². The molecule has 2 N–H and O–H groups in total. The Kier molecular flexibility index (Phi) is 3.96. The Bertz CT molecular complexity index is 928. The van der Waals surface area contributed by atoms with E-state index in [9.17, 15) is 4.79 Å². The van der Waals surface area contributed by atoms with E-state index in [1.807, 2.05) is 18.2 Å². The van der Waals surface area contributed by atoms with Gasteiger partial charge < -0.3 is 15.0 Å². The third kappa shape index (κ3) is 2.68. The normalized spacial score (nSPS) is 16.6. The van der Waals surface area contributed by atoms with E-state index < -0.39 is 0 Å². The monoisotopic (exact) mass is 334 g/mol. The first kappa shape index (κ1) is 15.8. The van der Waals surface area contributed by atoms with Gasteiger partial charge in [-0.1, -0.05) is 30.3 Å². The summed E-state index contributed by atoms with van der Waals surface area (Å²) in [6.07, 6.45) is 2.79. The summed E-state index contributed by atoms with van der Waals surface area (Å²) in [5.74, 6) is 0.360. The predicted molar refractivity (Wildman–Crippen MR) is 98.9 cm³/mol. The lowest BCUT2D eigenvalue weighted by atomic mass is 9.84. The summed E-state index contributed by atoms with van der Waals surface area (Å²) in [4.78, 5) is 12.1. The number of aromatic nitrogens is 1. The van der Waals surface area contributed by atoms with Crippen molar-refractivity contribution in [1.29, 1.82) is 0 Å². The fourth-order valence-electron chi connectivity index (χ4n) is 4.05. The summed E-state index contributed by atoms with van der Waals surface area (Å²) in [7, 11) is 1.67. The molecule has 3 aromatic rings. The van der Waals surface area contributed by atoms with E-state index >= 15 is 0 Å². The molecule has 0 fully saturated rings. The van der Waals surface area contributed by atoms with Crippen LogP contribution in [0.4, 0.5) is 0 Å². The number of hydrogen-bond donors (Lipinski definition) is 1. The van der Waals surface area contributed by atoms with Crippen LogP contribution in [0.25, 0.3) is 10.9 Å². The van der Waals surface area contributed by atoms with Crippen LogP contribution < -0.4 is 10.5 Å². The second-order valence-electron chi connectivity index (χ2n) is 6.66. The van der Waals surface area contributed by atoms with Gasteiger partial charge in [0.05, 0.1) is 13.0 Å². The van der Waals surface area contributed by atoms with Crippen LogP contribution in [0.5, 0.6) is 5.75 Å². The molecule has 1 atom stereocenters. The summed E-state index contributed by atoms with van der Waals surface area (Å²) in [6, 6.07) is 16.5. The molecular weight excluding hydrogens is 312 g/mol. The van der Waals surface area contributed by atoms with Crippen LogP contribution in [0.15, 0.2) is 48.5 Å². The molecule has 1 amide bonds. The highest BCUT2D eigenvalue weighted by Crippen LogP contribution is 2.40. The molecular formula is C21H22N2O2. The fraction of sp³-hybridized carbons (Fsp3) is 0.286. The zero-order valence-electron chi connectivity index (χ0n) is 14.4. The molecule has 1 heterocycles. The SMILES string of the molecule is COc1ccc2c(c1)c1c(n2Cc2ccccc2)CCCC1C(N)=O. The van der Waals surface area contributed by atoms with Crippen LogP contribution in [0.2, 0.25) is 0 Å². The van der Waals surface area contributed by atoms with Crippen LogP contribution in [0, 0.1) is 0 Å². The number of fused-ring (bicyclic) bond motifs is 3. The number of rotatable bonds is 4. The van der Waals surface area contributed by atoms with Crippen molar-refractivity contribution >= 4 is 16.8 Å². The van der Waals surface area contributed by atoms with Crippen molar-refractivity contribution in [3.8, 4) is 5.75 Å². The number of methoxy groups -OCH3 is 1. The minimum atomic E-state index is -0.234. The van der Waals surface area contributed by atoms with E-state index in [1.54, 1.807) is 7.11 Å². The Morgan fingerprint density at radius 2 is 2.04 bits per heavy atom. The Hall–Kier alpha value is -2.75. The second kappa shape index (κ2) is 6.28. The molecule has 4 nitrogen and oxygen atoms in total. The lowest BCUT2D eigenvalue weighted by molar-refractivity contribution is -0.119. The molecule has 4 heteroatoms. The van der Waals surface area contributed by atoms with Gasteiger partial charge in [-0.2, -0.15) is 0 Å². The van der Waals surface area contributed by atoms with Crippen LogP contribution in [-0.2, 0) is 17.8 Å². The topological polar surface area (TPSA) is 57.2 Å². The van der Waals surface area contributed by atoms with E-state index in [4.69, 9.17) is 10.5 Å². The lowest BCUT2D eigenvalue weighted by Crippen LogP contribution is -2.25. The van der Waals surface area contributed by atoms with Gasteiger partial charge in [-0.3, -0.25) is 4.79 Å². The third-order valence-electron chi connectivity index (χ3n) is 5.20. The molecule has 2 aromatic carbocycles. The molecule has 1 aliphatic carbocycles. The first-order valence-corrected chi connectivity index (χ1v) is 8.71. The fourth-order valence-corrected chi connectivity index (χ4v) is 4.05. The molecule has 0 radical (unpaired) electrons. The van der Waals surface area contributed by atoms with Crippen molar-refractivity contribution in [1.82, 2.24) is 4.57 Å². The summed E-state index contributed by atoms with van der Waals surface area (Å²) in [5, 5.41) is 1.09. The molecule has 25 heavy (non-hydrogen) atoms. The van der Waals surface area contributed by atoms with E-state index in [2.05, 4.69) is 34.9 Å². The lowest BCUT2D eigenvalue weighted by Gasteiger charge is -2.22. The van der Waals surface area contributed by atoms with Crippen molar-refractivity contribution in [2.75, 3.05) is 7.11 Å². The summed E-state index contributed by atoms with van der Waals surface area (Å²) in [5.41, 5.74) is 10.5. The number of carbonyl (C=O) groups is 1. The second-order valence-corrected chi connectivity index (χ2v) is 6.66. The standard InChI is InChI=1S/C21H22N2O2/c1-25-15-10-11-18-17(12-15)20-16(21(22)24)8-5-9-19(20)23(18)13-14-6-3-2-4-7-14/h2-4,6-7,10-12,16H,5,8-9,13H2,1H3,(H2,22,24). The van der Waals surface area contributed by atoms with Gasteiger partial charge in [-0.25, -0.2) is 0 Å². The molecule has 1 aliphatic rings. The Balaban J connectivity index is 1.95. The van der Waals surface area contributed by atoms with Gasteiger partial charge in [0.15, 0.2) is 0 Å². The highest BCUT2D eigenvalue weighted by atomic mass is 16.5. The first-order valence-electron chi connectivity index (χ1n) is 8.71. The quantitative estimate of drug-likeness (QED) is 0.792. The molecule has 0 bridgehead atoms. The van der Waals surface area contributed by atoms with Crippen molar-refractivity contribution in [2.24, 2.45) is 5.73 Å². The van der Waals surface area contributed by atoms with Gasteiger partial charge in [0.25, 0.3) is 0 Å². The van der Waals surface area contributed by atoms with Gasteiger partial charge >= 0.3 is 0 Å². The third-order valence-corrected chi connectivity index (χ3v) is 5.20. The van der Waals surface area contributed by atoms with Gasteiger partial charge in [-0.15, -0.1) is 0 Å². The highest BCUT2D eigenvalue weighted by Gasteiger charge is 2.30. The summed E-state index contributed by atoms with van der Waals surface area (Å²) >= 11 is 0. The maximum absolute atomic E-state index is 12.1. The minimum Gasteiger partial charge on any atom is -0.497 e. The smallest absolute Gasteiger partial charge is 0.225 e. The molecule has 1 aromatic heterocycles. The Morgan fingerprint density at radius 3 is 2.76 bits per heavy atom. The molecule has 1 unspecified atom stereocenters. The Labute approximate surface area is 147 Å². The van der Waals surface area contributed by atoms with Gasteiger partial charge in [0.2, 0.25) is 5.91 Å². The summed E-state index contributed by atoms with van der Waals surface area (Å²) in [6.45, 7) is 0.796. The average molecular weight is 334 g/mol. The summed E-state index contributed by atoms with van der Waals surface area (Å²) < 4.78 is 7.75. The molecule has 0 saturated carbocycles. The molecule has 0 saturated heterocycles. The number of primary amides is 1. The number of carbonyl (C=O) groups excluding carboxylic acids is 1. The maximum Gasteiger partial charge on any atom is 0.225 e. The van der Waals surface area contributed by atoms with Crippen LogP contribution >= 0.6 is 0 Å². The largest absolute Gasteiger partial charge is 0.497 e. The van der Waals surface area contributed by atoms with E-state index in [0.29, 0.717) is 0 Å². The van der Waals surface area contributed by atoms with Crippen molar-refractivity contribution in [2.45, 2.75) is 31.7 Å². The minimum absolute atomic E-state index is 0.213. The van der Waals surface area contributed by atoms with Gasteiger partial charge in [0.1, 0.15) is 5.75 Å². The van der Waals surface area contributed by atoms with Crippen LogP contribution in [0.3, 0.4) is 0 Å². The molecule has 0 aliphatic heterocycles. The molecule has 128 valence electrons. The van der Waals surface area contributed by atoms with E-state index in [1.165, 1.54) is 11.3 Å². The number of hydrogen-bond acceptors (Lipinski definition) is 2. The predicted octanol–water partition coefficient (Wildman–Crippen LogP) is 3.60. The Morgan fingerprint density at radius 1 is 1.24 bits per heavy atom.